The van der Waals surface area contributed by atoms with E-state index in [-0.39, 0.29) is 0 Å². The van der Waals surface area contributed by atoms with Gasteiger partial charge in [-0.1, -0.05) is 0 Å². The summed E-state index contributed by atoms with van der Waals surface area (Å²) in [6, 6.07) is 1.85. The molecule has 88 valence electrons. The Morgan fingerprint density at radius 1 is 1.41 bits per heavy atom. The highest BCUT2D eigenvalue weighted by Crippen LogP contribution is 2.34. The molecule has 1 saturated carbocycles. The van der Waals surface area contributed by atoms with E-state index in [9.17, 15) is 0 Å². The Balaban J connectivity index is 2.00. The summed E-state index contributed by atoms with van der Waals surface area (Å²) in [6.45, 7) is 1.96. The molecule has 2 aromatic heterocycles. The van der Waals surface area contributed by atoms with Gasteiger partial charge in [0.15, 0.2) is 0 Å². The summed E-state index contributed by atoms with van der Waals surface area (Å²) < 4.78 is 0. The third-order valence-corrected chi connectivity index (χ3v) is 3.00. The topological polar surface area (TPSA) is 80.5 Å². The zero-order valence-electron chi connectivity index (χ0n) is 9.77. The molecule has 0 saturated heterocycles. The van der Waals surface area contributed by atoms with Crippen molar-refractivity contribution in [2.45, 2.75) is 26.2 Å². The van der Waals surface area contributed by atoms with Crippen LogP contribution in [0.15, 0.2) is 12.3 Å². The van der Waals surface area contributed by atoms with Crippen LogP contribution in [0.25, 0.3) is 11.4 Å². The molecule has 2 aromatic rings. The van der Waals surface area contributed by atoms with E-state index in [1.54, 1.807) is 6.20 Å². The number of aromatic nitrogens is 4. The highest BCUT2D eigenvalue weighted by Gasteiger charge is 2.24. The minimum atomic E-state index is 0.292. The SMILES string of the molecule is Cc1nc(-c2ccnc(N)n2)c(CC2CC2)[nH]1. The number of nitrogens with two attached hydrogens (primary N) is 1. The van der Waals surface area contributed by atoms with Gasteiger partial charge in [-0.15, -0.1) is 0 Å². The maximum absolute atomic E-state index is 5.61. The van der Waals surface area contributed by atoms with Crippen molar-refractivity contribution in [3.05, 3.63) is 23.8 Å². The molecule has 17 heavy (non-hydrogen) atoms. The molecule has 0 amide bonds. The van der Waals surface area contributed by atoms with Crippen LogP contribution in [0.2, 0.25) is 0 Å². The third-order valence-electron chi connectivity index (χ3n) is 3.00. The van der Waals surface area contributed by atoms with Crippen LogP contribution in [0.5, 0.6) is 0 Å². The van der Waals surface area contributed by atoms with Crippen molar-refractivity contribution in [3.8, 4) is 11.4 Å². The highest BCUT2D eigenvalue weighted by atomic mass is 15.0. The Hall–Kier alpha value is -1.91. The van der Waals surface area contributed by atoms with Gasteiger partial charge >= 0.3 is 0 Å². The Morgan fingerprint density at radius 3 is 2.94 bits per heavy atom. The van der Waals surface area contributed by atoms with Crippen LogP contribution in [0.4, 0.5) is 5.95 Å². The number of nitrogens with one attached hydrogen (secondary N) is 1. The summed E-state index contributed by atoms with van der Waals surface area (Å²) in [5, 5.41) is 0. The van der Waals surface area contributed by atoms with Gasteiger partial charge in [0.05, 0.1) is 5.69 Å². The van der Waals surface area contributed by atoms with Crippen molar-refractivity contribution >= 4 is 5.95 Å². The van der Waals surface area contributed by atoms with Gasteiger partial charge in [-0.2, -0.15) is 0 Å². The number of imidazole rings is 1. The largest absolute Gasteiger partial charge is 0.368 e. The predicted molar refractivity (Wildman–Crippen MR) is 65.2 cm³/mol. The smallest absolute Gasteiger partial charge is 0.220 e. The Morgan fingerprint density at radius 2 is 2.24 bits per heavy atom. The number of rotatable bonds is 3. The van der Waals surface area contributed by atoms with Crippen molar-refractivity contribution in [2.24, 2.45) is 5.92 Å². The van der Waals surface area contributed by atoms with Gasteiger partial charge in [0.25, 0.3) is 0 Å². The fourth-order valence-electron chi connectivity index (χ4n) is 2.02. The highest BCUT2D eigenvalue weighted by molar-refractivity contribution is 5.58. The van der Waals surface area contributed by atoms with Gasteiger partial charge in [-0.3, -0.25) is 0 Å². The number of H-pyrrole nitrogens is 1. The molecule has 0 spiro atoms. The summed E-state index contributed by atoms with van der Waals surface area (Å²) in [4.78, 5) is 16.0. The molecule has 0 radical (unpaired) electrons. The second-order valence-electron chi connectivity index (χ2n) is 4.60. The number of nitrogens with zero attached hydrogens (tertiary/aromatic N) is 3. The first-order valence-corrected chi connectivity index (χ1v) is 5.87. The molecule has 1 fully saturated rings. The summed E-state index contributed by atoms with van der Waals surface area (Å²) >= 11 is 0. The lowest BCUT2D eigenvalue weighted by Crippen LogP contribution is -1.97. The quantitative estimate of drug-likeness (QED) is 0.839. The fourth-order valence-corrected chi connectivity index (χ4v) is 2.02. The first-order valence-electron chi connectivity index (χ1n) is 5.87. The van der Waals surface area contributed by atoms with Crippen molar-refractivity contribution < 1.29 is 0 Å². The van der Waals surface area contributed by atoms with Crippen LogP contribution in [-0.4, -0.2) is 19.9 Å². The van der Waals surface area contributed by atoms with E-state index in [2.05, 4.69) is 19.9 Å². The molecule has 3 rings (SSSR count). The lowest BCUT2D eigenvalue weighted by atomic mass is 10.1. The maximum Gasteiger partial charge on any atom is 0.220 e. The number of aryl methyl sites for hydroxylation is 1. The van der Waals surface area contributed by atoms with Crippen LogP contribution in [0.1, 0.15) is 24.4 Å². The summed E-state index contributed by atoms with van der Waals surface area (Å²) in [5.41, 5.74) is 8.50. The summed E-state index contributed by atoms with van der Waals surface area (Å²) in [5.74, 6) is 2.03. The normalized spacial score (nSPS) is 15.1. The monoisotopic (exact) mass is 229 g/mol. The van der Waals surface area contributed by atoms with E-state index < -0.39 is 0 Å². The molecule has 0 atom stereocenters. The molecule has 2 heterocycles. The molecule has 3 N–H and O–H groups in total. The van der Waals surface area contributed by atoms with E-state index in [0.29, 0.717) is 5.95 Å². The number of aromatic amines is 1. The molecule has 5 nitrogen and oxygen atoms in total. The van der Waals surface area contributed by atoms with Gasteiger partial charge in [0.2, 0.25) is 5.95 Å². The molecule has 5 heteroatoms. The average molecular weight is 229 g/mol. The van der Waals surface area contributed by atoms with Crippen LogP contribution in [0, 0.1) is 12.8 Å². The predicted octanol–water partition coefficient (Wildman–Crippen LogP) is 1.71. The van der Waals surface area contributed by atoms with Crippen molar-refractivity contribution in [2.75, 3.05) is 5.73 Å². The molecule has 0 unspecified atom stereocenters. The zero-order valence-corrected chi connectivity index (χ0v) is 9.77. The van der Waals surface area contributed by atoms with Gasteiger partial charge < -0.3 is 10.7 Å². The van der Waals surface area contributed by atoms with E-state index in [1.165, 1.54) is 18.5 Å². The zero-order chi connectivity index (χ0) is 11.8. The standard InChI is InChI=1S/C12H15N5/c1-7-15-10(6-8-2-3-8)11(16-7)9-4-5-14-12(13)17-9/h4-5,8H,2-3,6H2,1H3,(H,15,16)(H2,13,14,17). The van der Waals surface area contributed by atoms with Crippen molar-refractivity contribution in [3.63, 3.8) is 0 Å². The Bertz CT molecular complexity index is 542. The minimum absolute atomic E-state index is 0.292. The second-order valence-corrected chi connectivity index (χ2v) is 4.60. The van der Waals surface area contributed by atoms with Gasteiger partial charge in [-0.05, 0) is 38.2 Å². The van der Waals surface area contributed by atoms with Crippen LogP contribution in [0.3, 0.4) is 0 Å². The third kappa shape index (κ3) is 2.13. The molecular weight excluding hydrogens is 214 g/mol. The molecule has 1 aliphatic carbocycles. The van der Waals surface area contributed by atoms with Crippen molar-refractivity contribution in [1.82, 2.24) is 19.9 Å². The molecule has 0 bridgehead atoms. The average Bonchev–Trinajstić information content (AvgIpc) is 3.01. The Labute approximate surface area is 99.5 Å². The lowest BCUT2D eigenvalue weighted by molar-refractivity contribution is 0.809. The lowest BCUT2D eigenvalue weighted by Gasteiger charge is -2.01. The van der Waals surface area contributed by atoms with Gasteiger partial charge in [-0.25, -0.2) is 15.0 Å². The number of hydrogen-bond acceptors (Lipinski definition) is 4. The van der Waals surface area contributed by atoms with Crippen molar-refractivity contribution in [1.29, 1.82) is 0 Å². The van der Waals surface area contributed by atoms with Crippen LogP contribution in [-0.2, 0) is 6.42 Å². The van der Waals surface area contributed by atoms with Gasteiger partial charge in [0, 0.05) is 11.9 Å². The second kappa shape index (κ2) is 3.84. The Kier molecular flexibility index (Phi) is 2.31. The molecule has 0 aromatic carbocycles. The molecule has 1 aliphatic rings. The summed E-state index contributed by atoms with van der Waals surface area (Å²) in [6.07, 6.45) is 5.37. The van der Waals surface area contributed by atoms with Gasteiger partial charge in [0.1, 0.15) is 11.5 Å². The maximum atomic E-state index is 5.61. The number of hydrogen-bond donors (Lipinski definition) is 2. The number of anilines is 1. The van der Waals surface area contributed by atoms with Crippen LogP contribution >= 0.6 is 0 Å². The number of nitrogen functional groups attached to an aromatic ring is 1. The van der Waals surface area contributed by atoms with E-state index in [0.717, 1.165) is 29.6 Å². The van der Waals surface area contributed by atoms with Crippen LogP contribution < -0.4 is 5.73 Å². The first-order chi connectivity index (χ1) is 8.22. The van der Waals surface area contributed by atoms with E-state index in [4.69, 9.17) is 5.73 Å². The van der Waals surface area contributed by atoms with E-state index in [1.807, 2.05) is 13.0 Å². The summed E-state index contributed by atoms with van der Waals surface area (Å²) in [7, 11) is 0. The van der Waals surface area contributed by atoms with E-state index >= 15 is 0 Å². The minimum Gasteiger partial charge on any atom is -0.368 e. The first kappa shape index (κ1) is 10.3. The molecular formula is C12H15N5. The fraction of sp³-hybridized carbons (Fsp3) is 0.417. The molecule has 0 aliphatic heterocycles.